The minimum absolute atomic E-state index is 0.159. The number of benzene rings is 1. The number of aromatic amines is 1. The molecule has 0 fully saturated rings. The predicted molar refractivity (Wildman–Crippen MR) is 107 cm³/mol. The molecule has 7 heteroatoms. The van der Waals surface area contributed by atoms with Crippen molar-refractivity contribution < 1.29 is 23.9 Å². The van der Waals surface area contributed by atoms with E-state index in [9.17, 15) is 19.6 Å². The number of methoxy groups -OCH3 is 1. The monoisotopic (exact) mass is 394 g/mol. The average molecular weight is 394 g/mol. The molecule has 0 bridgehead atoms. The van der Waals surface area contributed by atoms with Crippen LogP contribution in [0.2, 0.25) is 0 Å². The van der Waals surface area contributed by atoms with E-state index >= 15 is 0 Å². The summed E-state index contributed by atoms with van der Waals surface area (Å²) in [6, 6.07) is 8.61. The summed E-state index contributed by atoms with van der Waals surface area (Å²) in [4.78, 5) is 39.7. The third-order valence-electron chi connectivity index (χ3n) is 4.43. The summed E-state index contributed by atoms with van der Waals surface area (Å²) in [6.07, 6.45) is 0.223. The number of H-pyrrole nitrogens is 1. The van der Waals surface area contributed by atoms with Gasteiger partial charge in [0.05, 0.1) is 12.8 Å². The summed E-state index contributed by atoms with van der Waals surface area (Å²) in [5.74, 6) is -0.978. The van der Waals surface area contributed by atoms with E-state index in [0.29, 0.717) is 28.1 Å². The van der Waals surface area contributed by atoms with Crippen LogP contribution in [0.15, 0.2) is 29.8 Å². The molecule has 2 aromatic rings. The minimum atomic E-state index is -1.14. The first-order valence-electron chi connectivity index (χ1n) is 8.90. The van der Waals surface area contributed by atoms with Crippen LogP contribution in [-0.2, 0) is 9.53 Å². The number of aromatic nitrogens is 1. The summed E-state index contributed by atoms with van der Waals surface area (Å²) in [6.45, 7) is 6.19. The van der Waals surface area contributed by atoms with Crippen molar-refractivity contribution in [1.82, 2.24) is 4.98 Å². The molecule has 0 aliphatic heterocycles. The van der Waals surface area contributed by atoms with Gasteiger partial charge in [0, 0.05) is 11.3 Å². The molecule has 150 valence electrons. The molecule has 1 atom stereocenters. The largest absolute Gasteiger partial charge is 0.497 e. The molecule has 0 saturated heterocycles. The van der Waals surface area contributed by atoms with Crippen LogP contribution in [0.3, 0.4) is 0 Å². The molecule has 29 heavy (non-hydrogen) atoms. The van der Waals surface area contributed by atoms with Crippen LogP contribution in [0.1, 0.15) is 51.5 Å². The van der Waals surface area contributed by atoms with Crippen LogP contribution in [0.4, 0.5) is 0 Å². The van der Waals surface area contributed by atoms with Gasteiger partial charge in [-0.1, -0.05) is 12.1 Å². The van der Waals surface area contributed by atoms with Gasteiger partial charge in [0.1, 0.15) is 17.4 Å². The first-order chi connectivity index (χ1) is 13.7. The molecule has 7 nitrogen and oxygen atoms in total. The number of nitrogens with one attached hydrogen (secondary N) is 1. The van der Waals surface area contributed by atoms with E-state index in [2.05, 4.69) is 4.98 Å². The van der Waals surface area contributed by atoms with Crippen molar-refractivity contribution >= 4 is 23.6 Å². The number of carbonyl (C=O) groups is 3. The summed E-state index contributed by atoms with van der Waals surface area (Å²) in [7, 11) is 1.51. The van der Waals surface area contributed by atoms with Gasteiger partial charge in [-0.05, 0) is 57.0 Å². The quantitative estimate of drug-likeness (QED) is 0.333. The van der Waals surface area contributed by atoms with Crippen LogP contribution in [0.25, 0.3) is 6.08 Å². The van der Waals surface area contributed by atoms with Crippen LogP contribution in [0.5, 0.6) is 5.75 Å². The molecule has 1 N–H and O–H groups in total. The Morgan fingerprint density at radius 2 is 1.93 bits per heavy atom. The molecular formula is C22H22N2O5. The van der Waals surface area contributed by atoms with Crippen LogP contribution in [-0.4, -0.2) is 35.7 Å². The number of ether oxygens (including phenoxy) is 2. The van der Waals surface area contributed by atoms with Crippen molar-refractivity contribution in [2.24, 2.45) is 0 Å². The normalized spacial score (nSPS) is 12.1. The van der Waals surface area contributed by atoms with Crippen LogP contribution >= 0.6 is 0 Å². The fourth-order valence-corrected chi connectivity index (χ4v) is 3.04. The van der Waals surface area contributed by atoms with E-state index in [-0.39, 0.29) is 17.1 Å². The Hall–Kier alpha value is -3.66. The number of carbonyl (C=O) groups excluding carboxylic acids is 3. The van der Waals surface area contributed by atoms with Gasteiger partial charge in [-0.3, -0.25) is 9.59 Å². The van der Waals surface area contributed by atoms with Gasteiger partial charge < -0.3 is 14.5 Å². The molecule has 0 saturated carbocycles. The molecule has 0 unspecified atom stereocenters. The Morgan fingerprint density at radius 1 is 1.24 bits per heavy atom. The summed E-state index contributed by atoms with van der Waals surface area (Å²) >= 11 is 0. The van der Waals surface area contributed by atoms with E-state index in [1.54, 1.807) is 44.2 Å². The van der Waals surface area contributed by atoms with Crippen LogP contribution < -0.4 is 4.74 Å². The first-order valence-corrected chi connectivity index (χ1v) is 8.90. The second-order valence-electron chi connectivity index (χ2n) is 6.54. The van der Waals surface area contributed by atoms with E-state index < -0.39 is 17.9 Å². The van der Waals surface area contributed by atoms with E-state index in [1.165, 1.54) is 27.0 Å². The molecule has 0 spiro atoms. The number of nitriles is 1. The number of hydrogen-bond acceptors (Lipinski definition) is 6. The fraction of sp³-hybridized carbons (Fsp3) is 0.273. The van der Waals surface area contributed by atoms with Gasteiger partial charge in [0.2, 0.25) is 5.78 Å². The van der Waals surface area contributed by atoms with Gasteiger partial charge in [-0.15, -0.1) is 0 Å². The molecule has 0 aliphatic carbocycles. The molecular weight excluding hydrogens is 372 g/mol. The molecule has 1 heterocycles. The summed E-state index contributed by atoms with van der Waals surface area (Å²) < 4.78 is 10.3. The zero-order chi connectivity index (χ0) is 21.7. The molecule has 0 amide bonds. The van der Waals surface area contributed by atoms with Crippen molar-refractivity contribution in [3.63, 3.8) is 0 Å². The maximum absolute atomic E-state index is 12.7. The standard InChI is InChI=1S/C22H22N2O5/c1-12-19(14(3)25)13(2)24-20(12)21(26)15(4)29-22(27)17(11-23)9-16-7-6-8-18(10-16)28-5/h6-10,15,24H,1-5H3/b17-9+/t15-/m0/s1. The highest BCUT2D eigenvalue weighted by atomic mass is 16.5. The van der Waals surface area contributed by atoms with Crippen molar-refractivity contribution in [3.05, 3.63) is 57.9 Å². The van der Waals surface area contributed by atoms with E-state index in [4.69, 9.17) is 9.47 Å². The Kier molecular flexibility index (Phi) is 6.73. The smallest absolute Gasteiger partial charge is 0.349 e. The second kappa shape index (κ2) is 9.02. The number of hydrogen-bond donors (Lipinski definition) is 1. The van der Waals surface area contributed by atoms with Gasteiger partial charge in [-0.25, -0.2) is 4.79 Å². The van der Waals surface area contributed by atoms with Gasteiger partial charge in [0.15, 0.2) is 11.9 Å². The molecule has 2 rings (SSSR count). The Morgan fingerprint density at radius 3 is 2.48 bits per heavy atom. The maximum Gasteiger partial charge on any atom is 0.349 e. The first kappa shape index (κ1) is 21.6. The zero-order valence-corrected chi connectivity index (χ0v) is 17.0. The van der Waals surface area contributed by atoms with Crippen molar-refractivity contribution in [1.29, 1.82) is 5.26 Å². The topological polar surface area (TPSA) is 109 Å². The fourth-order valence-electron chi connectivity index (χ4n) is 3.04. The van der Waals surface area contributed by atoms with E-state index in [1.807, 2.05) is 0 Å². The highest BCUT2D eigenvalue weighted by Gasteiger charge is 2.27. The van der Waals surface area contributed by atoms with Gasteiger partial charge in [0.25, 0.3) is 0 Å². The van der Waals surface area contributed by atoms with Gasteiger partial charge >= 0.3 is 5.97 Å². The Labute approximate surface area is 168 Å². The van der Waals surface area contributed by atoms with E-state index in [0.717, 1.165) is 0 Å². The van der Waals surface area contributed by atoms with Crippen LogP contribution in [0, 0.1) is 25.2 Å². The number of aryl methyl sites for hydroxylation is 1. The minimum Gasteiger partial charge on any atom is -0.497 e. The number of esters is 1. The lowest BCUT2D eigenvalue weighted by Crippen LogP contribution is -2.26. The molecule has 1 aromatic heterocycles. The number of rotatable bonds is 7. The third kappa shape index (κ3) is 4.79. The Bertz CT molecular complexity index is 1040. The highest BCUT2D eigenvalue weighted by molar-refractivity contribution is 6.06. The SMILES string of the molecule is COc1cccc(/C=C(\C#N)C(=O)O[C@@H](C)C(=O)c2[nH]c(C)c(C(C)=O)c2C)c1. The molecule has 1 aromatic carbocycles. The average Bonchev–Trinajstić information content (AvgIpc) is 2.99. The predicted octanol–water partition coefficient (Wildman–Crippen LogP) is 3.56. The van der Waals surface area contributed by atoms with Crippen molar-refractivity contribution in [2.45, 2.75) is 33.8 Å². The number of ketones is 2. The lowest BCUT2D eigenvalue weighted by molar-refractivity contribution is -0.141. The zero-order valence-electron chi connectivity index (χ0n) is 17.0. The number of Topliss-reactive ketones (excluding diaryl/α,β-unsaturated/α-hetero) is 2. The Balaban J connectivity index is 2.21. The summed E-state index contributed by atoms with van der Waals surface area (Å²) in [5.41, 5.74) is 2.08. The molecule has 0 radical (unpaired) electrons. The second-order valence-corrected chi connectivity index (χ2v) is 6.54. The maximum atomic E-state index is 12.7. The van der Waals surface area contributed by atoms with Crippen molar-refractivity contribution in [2.75, 3.05) is 7.11 Å². The number of nitrogens with zero attached hydrogens (tertiary/aromatic N) is 1. The van der Waals surface area contributed by atoms with Gasteiger partial charge in [-0.2, -0.15) is 5.26 Å². The third-order valence-corrected chi connectivity index (χ3v) is 4.43. The lowest BCUT2D eigenvalue weighted by atomic mass is 10.0. The lowest BCUT2D eigenvalue weighted by Gasteiger charge is -2.12. The highest BCUT2D eigenvalue weighted by Crippen LogP contribution is 2.21. The van der Waals surface area contributed by atoms with Crippen molar-refractivity contribution in [3.8, 4) is 11.8 Å². The summed E-state index contributed by atoms with van der Waals surface area (Å²) in [5, 5.41) is 9.32. The molecule has 0 aliphatic rings.